The normalized spacial score (nSPS) is 17.5. The van der Waals surface area contributed by atoms with Gasteiger partial charge in [-0.25, -0.2) is 13.8 Å². The Morgan fingerprint density at radius 3 is 2.48 bits per heavy atom. The van der Waals surface area contributed by atoms with Gasteiger partial charge in [0.1, 0.15) is 29.0 Å². The topological polar surface area (TPSA) is 111 Å². The molecular formula is C35H36ClFN8O3. The van der Waals surface area contributed by atoms with Crippen molar-refractivity contribution in [3.05, 3.63) is 83.0 Å². The molecule has 48 heavy (non-hydrogen) atoms. The fraction of sp³-hybridized carbons (Fsp3) is 0.371. The van der Waals surface area contributed by atoms with Crippen LogP contribution in [0.5, 0.6) is 5.75 Å². The Kier molecular flexibility index (Phi) is 8.14. The molecule has 1 unspecified atom stereocenters. The number of halogens is 2. The molecule has 0 N–H and O–H groups in total. The minimum absolute atomic E-state index is 0.00376. The lowest BCUT2D eigenvalue weighted by Crippen LogP contribution is -2.48. The first-order valence-electron chi connectivity index (χ1n) is 16.0. The molecule has 2 fully saturated rings. The lowest BCUT2D eigenvalue weighted by Gasteiger charge is -2.36. The zero-order valence-corrected chi connectivity index (χ0v) is 28.0. The SMILES string of the molecule is COc1ccc2ccccc2c1-c1cn(C2CCN(C3CCN(C(=O)c4nnn(-c5ccc(Cl)cc5F)c4C(C)(C)C)CC3)C2=O)nn1. The number of amides is 2. The quantitative estimate of drug-likeness (QED) is 0.223. The highest BCUT2D eigenvalue weighted by Gasteiger charge is 2.40. The minimum Gasteiger partial charge on any atom is -0.496 e. The van der Waals surface area contributed by atoms with Crippen LogP contribution in [0.2, 0.25) is 5.02 Å². The van der Waals surface area contributed by atoms with Crippen LogP contribution in [-0.4, -0.2) is 84.4 Å². The average Bonchev–Trinajstić information content (AvgIpc) is 3.82. The maximum atomic E-state index is 14.9. The van der Waals surface area contributed by atoms with Crippen molar-refractivity contribution in [3.8, 4) is 22.7 Å². The van der Waals surface area contributed by atoms with Crippen molar-refractivity contribution in [2.45, 2.75) is 57.5 Å². The summed E-state index contributed by atoms with van der Waals surface area (Å²) in [7, 11) is 1.63. The average molecular weight is 671 g/mol. The Morgan fingerprint density at radius 1 is 0.979 bits per heavy atom. The number of rotatable bonds is 6. The first kappa shape index (κ1) is 31.7. The summed E-state index contributed by atoms with van der Waals surface area (Å²) in [4.78, 5) is 31.2. The van der Waals surface area contributed by atoms with E-state index in [1.807, 2.05) is 68.3 Å². The van der Waals surface area contributed by atoms with E-state index in [0.717, 1.165) is 16.3 Å². The zero-order valence-electron chi connectivity index (χ0n) is 27.2. The molecule has 0 spiro atoms. The molecule has 2 aromatic heterocycles. The summed E-state index contributed by atoms with van der Waals surface area (Å²) in [6.07, 6.45) is 3.70. The highest BCUT2D eigenvalue weighted by molar-refractivity contribution is 6.30. The van der Waals surface area contributed by atoms with Gasteiger partial charge in [0.25, 0.3) is 5.91 Å². The van der Waals surface area contributed by atoms with E-state index in [9.17, 15) is 14.0 Å². The summed E-state index contributed by atoms with van der Waals surface area (Å²) in [5, 5.41) is 19.6. The minimum atomic E-state index is -0.560. The smallest absolute Gasteiger partial charge is 0.276 e. The van der Waals surface area contributed by atoms with Crippen LogP contribution >= 0.6 is 11.6 Å². The number of likely N-dealkylation sites (tertiary alicyclic amines) is 2. The van der Waals surface area contributed by atoms with Gasteiger partial charge in [0, 0.05) is 36.1 Å². The molecule has 7 rings (SSSR count). The number of hydrogen-bond acceptors (Lipinski definition) is 7. The molecule has 5 aromatic rings. The van der Waals surface area contributed by atoms with Crippen LogP contribution in [0.15, 0.2) is 60.8 Å². The molecule has 13 heteroatoms. The predicted octanol–water partition coefficient (Wildman–Crippen LogP) is 5.86. The fourth-order valence-corrected chi connectivity index (χ4v) is 7.13. The maximum absolute atomic E-state index is 14.9. The second-order valence-corrected chi connectivity index (χ2v) is 13.8. The van der Waals surface area contributed by atoms with Crippen molar-refractivity contribution in [2.75, 3.05) is 26.7 Å². The van der Waals surface area contributed by atoms with E-state index in [1.165, 1.54) is 16.8 Å². The number of piperidine rings is 1. The summed E-state index contributed by atoms with van der Waals surface area (Å²) in [5.74, 6) is -0.120. The van der Waals surface area contributed by atoms with E-state index in [1.54, 1.807) is 22.8 Å². The van der Waals surface area contributed by atoms with E-state index in [2.05, 4.69) is 20.6 Å². The predicted molar refractivity (Wildman–Crippen MR) is 179 cm³/mol. The summed E-state index contributed by atoms with van der Waals surface area (Å²) in [6, 6.07) is 15.8. The molecule has 2 saturated heterocycles. The number of carbonyl (C=O) groups excluding carboxylic acids is 2. The molecule has 0 saturated carbocycles. The third kappa shape index (κ3) is 5.57. The van der Waals surface area contributed by atoms with E-state index in [0.29, 0.717) is 56.0 Å². The van der Waals surface area contributed by atoms with Crippen molar-refractivity contribution in [2.24, 2.45) is 0 Å². The number of carbonyl (C=O) groups is 2. The van der Waals surface area contributed by atoms with Gasteiger partial charge in [-0.05, 0) is 54.3 Å². The van der Waals surface area contributed by atoms with Crippen LogP contribution in [0.3, 0.4) is 0 Å². The number of fused-ring (bicyclic) bond motifs is 1. The van der Waals surface area contributed by atoms with Gasteiger partial charge < -0.3 is 14.5 Å². The molecule has 4 heterocycles. The molecule has 0 bridgehead atoms. The monoisotopic (exact) mass is 670 g/mol. The van der Waals surface area contributed by atoms with Crippen LogP contribution in [0.1, 0.15) is 62.3 Å². The molecule has 1 atom stereocenters. The summed E-state index contributed by atoms with van der Waals surface area (Å²) >= 11 is 5.97. The number of aromatic nitrogens is 6. The van der Waals surface area contributed by atoms with Crippen LogP contribution < -0.4 is 4.74 Å². The molecular weight excluding hydrogens is 635 g/mol. The van der Waals surface area contributed by atoms with Crippen LogP contribution in [0.25, 0.3) is 27.7 Å². The summed E-state index contributed by atoms with van der Waals surface area (Å²) < 4.78 is 23.6. The van der Waals surface area contributed by atoms with Gasteiger partial charge in [0.05, 0.1) is 24.6 Å². The number of methoxy groups -OCH3 is 1. The van der Waals surface area contributed by atoms with Gasteiger partial charge in [-0.2, -0.15) is 0 Å². The van der Waals surface area contributed by atoms with Crippen LogP contribution in [-0.2, 0) is 10.2 Å². The number of nitrogens with zero attached hydrogens (tertiary/aromatic N) is 8. The first-order chi connectivity index (χ1) is 23.0. The summed E-state index contributed by atoms with van der Waals surface area (Å²) in [6.45, 7) is 7.32. The molecule has 11 nitrogen and oxygen atoms in total. The summed E-state index contributed by atoms with van der Waals surface area (Å²) in [5.41, 5.74) is 1.81. The van der Waals surface area contributed by atoms with Crippen LogP contribution in [0.4, 0.5) is 4.39 Å². The Bertz CT molecular complexity index is 2030. The third-order valence-corrected chi connectivity index (χ3v) is 9.56. The van der Waals surface area contributed by atoms with Crippen molar-refractivity contribution in [1.29, 1.82) is 0 Å². The van der Waals surface area contributed by atoms with Gasteiger partial charge in [-0.15, -0.1) is 10.2 Å². The molecule has 2 aliphatic rings. The largest absolute Gasteiger partial charge is 0.496 e. The lowest BCUT2D eigenvalue weighted by atomic mass is 9.89. The van der Waals surface area contributed by atoms with E-state index >= 15 is 0 Å². The Balaban J connectivity index is 1.05. The van der Waals surface area contributed by atoms with Crippen molar-refractivity contribution < 1.29 is 18.7 Å². The van der Waals surface area contributed by atoms with E-state index in [-0.39, 0.29) is 34.3 Å². The number of benzene rings is 3. The fourth-order valence-electron chi connectivity index (χ4n) is 6.97. The third-order valence-electron chi connectivity index (χ3n) is 9.32. The second kappa shape index (κ2) is 12.3. The van der Waals surface area contributed by atoms with Gasteiger partial charge in [-0.3, -0.25) is 9.59 Å². The molecule has 0 aliphatic carbocycles. The Labute approximate surface area is 282 Å². The molecule has 0 radical (unpaired) electrons. The number of hydrogen-bond donors (Lipinski definition) is 0. The van der Waals surface area contributed by atoms with Gasteiger partial charge in [0.15, 0.2) is 5.69 Å². The zero-order chi connectivity index (χ0) is 33.7. The second-order valence-electron chi connectivity index (χ2n) is 13.4. The Morgan fingerprint density at radius 2 is 1.75 bits per heavy atom. The Hall–Kier alpha value is -4.84. The van der Waals surface area contributed by atoms with E-state index < -0.39 is 17.3 Å². The highest BCUT2D eigenvalue weighted by atomic mass is 35.5. The van der Waals surface area contributed by atoms with Gasteiger partial charge in [0.2, 0.25) is 5.91 Å². The molecule has 2 aliphatic heterocycles. The van der Waals surface area contributed by atoms with Gasteiger partial charge in [-0.1, -0.05) is 73.1 Å². The van der Waals surface area contributed by atoms with Crippen molar-refractivity contribution in [3.63, 3.8) is 0 Å². The van der Waals surface area contributed by atoms with Crippen molar-refractivity contribution >= 4 is 34.2 Å². The molecule has 248 valence electrons. The van der Waals surface area contributed by atoms with Crippen molar-refractivity contribution in [1.82, 2.24) is 39.8 Å². The van der Waals surface area contributed by atoms with E-state index in [4.69, 9.17) is 16.3 Å². The number of ether oxygens (including phenoxy) is 1. The highest BCUT2D eigenvalue weighted by Crippen LogP contribution is 2.37. The standard InChI is InChI=1S/C35H36ClFN8O3/c1-35(2,3)32-31(39-41-45(32)27-11-10-22(36)19-25(27)37)34(47)42-16-13-23(14-17-42)43-18-15-28(33(43)46)44-20-26(38-40-44)30-24-8-6-5-7-21(24)9-12-29(30)48-4/h5-12,19-20,23,28H,13-18H2,1-4H3. The molecule has 3 aromatic carbocycles. The molecule has 2 amide bonds. The lowest BCUT2D eigenvalue weighted by molar-refractivity contribution is -0.133. The maximum Gasteiger partial charge on any atom is 0.276 e. The first-order valence-corrected chi connectivity index (χ1v) is 16.4. The van der Waals surface area contributed by atoms with Crippen LogP contribution in [0, 0.1) is 5.82 Å². The van der Waals surface area contributed by atoms with Gasteiger partial charge >= 0.3 is 0 Å².